The summed E-state index contributed by atoms with van der Waals surface area (Å²) >= 11 is 0. The minimum absolute atomic E-state index is 0.250. The molecule has 0 spiro atoms. The second kappa shape index (κ2) is 15.1. The molecular formula is C27H36FNO5. The van der Waals surface area contributed by atoms with Crippen LogP contribution >= 0.6 is 0 Å². The first kappa shape index (κ1) is 27.3. The maximum atomic E-state index is 14.2. The number of halogens is 1. The van der Waals surface area contributed by atoms with Crippen molar-refractivity contribution in [1.82, 2.24) is 5.32 Å². The van der Waals surface area contributed by atoms with Gasteiger partial charge in [0.1, 0.15) is 22.9 Å². The van der Waals surface area contributed by atoms with Gasteiger partial charge in [0.05, 0.1) is 18.8 Å². The third-order valence-corrected chi connectivity index (χ3v) is 5.55. The van der Waals surface area contributed by atoms with Crippen LogP contribution in [0.15, 0.2) is 46.9 Å². The number of aryl methyl sites for hydroxylation is 1. The van der Waals surface area contributed by atoms with Crippen molar-refractivity contribution in [3.63, 3.8) is 0 Å². The van der Waals surface area contributed by atoms with Gasteiger partial charge in [-0.05, 0) is 80.6 Å². The zero-order valence-corrected chi connectivity index (χ0v) is 20.1. The van der Waals surface area contributed by atoms with Crippen molar-refractivity contribution < 1.29 is 28.6 Å². The van der Waals surface area contributed by atoms with Crippen molar-refractivity contribution in [1.29, 1.82) is 0 Å². The SMILES string of the molecule is CCCNCCO.Cc1ccc(-c2cc3cc(OCC4CCCC4)ccc3o2)c(F)c1.O=CO. The Labute approximate surface area is 200 Å². The van der Waals surface area contributed by atoms with E-state index < -0.39 is 0 Å². The smallest absolute Gasteiger partial charge is 0.290 e. The number of nitrogens with one attached hydrogen (secondary N) is 1. The van der Waals surface area contributed by atoms with E-state index >= 15 is 0 Å². The Bertz CT molecular complexity index is 994. The largest absolute Gasteiger partial charge is 0.493 e. The molecule has 0 radical (unpaired) electrons. The highest BCUT2D eigenvalue weighted by molar-refractivity contribution is 5.84. The fraction of sp³-hybridized carbons (Fsp3) is 0.444. The molecule has 6 nitrogen and oxygen atoms in total. The quantitative estimate of drug-likeness (QED) is 0.283. The summed E-state index contributed by atoms with van der Waals surface area (Å²) in [5.41, 5.74) is 2.14. The van der Waals surface area contributed by atoms with E-state index in [-0.39, 0.29) is 18.9 Å². The van der Waals surface area contributed by atoms with E-state index in [0.29, 0.717) is 17.2 Å². The van der Waals surface area contributed by atoms with Crippen LogP contribution in [0.4, 0.5) is 4.39 Å². The van der Waals surface area contributed by atoms with Crippen LogP contribution < -0.4 is 10.1 Å². The summed E-state index contributed by atoms with van der Waals surface area (Å²) in [6.45, 7) is 6.50. The van der Waals surface area contributed by atoms with Crippen LogP contribution in [0.1, 0.15) is 44.6 Å². The third-order valence-electron chi connectivity index (χ3n) is 5.55. The number of hydrogen-bond donors (Lipinski definition) is 3. The van der Waals surface area contributed by atoms with E-state index in [2.05, 4.69) is 12.2 Å². The van der Waals surface area contributed by atoms with Gasteiger partial charge in [0.2, 0.25) is 0 Å². The summed E-state index contributed by atoms with van der Waals surface area (Å²) in [6, 6.07) is 12.9. The molecule has 3 aromatic rings. The van der Waals surface area contributed by atoms with Gasteiger partial charge in [-0.1, -0.05) is 25.8 Å². The van der Waals surface area contributed by atoms with Crippen molar-refractivity contribution in [3.05, 3.63) is 53.8 Å². The highest BCUT2D eigenvalue weighted by Gasteiger charge is 2.16. The number of hydrogen-bond acceptors (Lipinski definition) is 5. The first-order chi connectivity index (χ1) is 16.5. The van der Waals surface area contributed by atoms with Crippen LogP contribution in [0.2, 0.25) is 0 Å². The minimum Gasteiger partial charge on any atom is -0.493 e. The van der Waals surface area contributed by atoms with Crippen LogP contribution in [0.25, 0.3) is 22.3 Å². The molecule has 1 fully saturated rings. The lowest BCUT2D eigenvalue weighted by atomic mass is 10.1. The Kier molecular flexibility index (Phi) is 12.1. The molecule has 1 aromatic heterocycles. The number of aliphatic hydroxyl groups is 1. The normalized spacial score (nSPS) is 13.1. The second-order valence-corrected chi connectivity index (χ2v) is 8.33. The molecule has 4 rings (SSSR count). The molecule has 0 aliphatic heterocycles. The maximum absolute atomic E-state index is 14.2. The van der Waals surface area contributed by atoms with Crippen LogP contribution in [-0.4, -0.2) is 43.0 Å². The average molecular weight is 474 g/mol. The van der Waals surface area contributed by atoms with Gasteiger partial charge in [-0.2, -0.15) is 0 Å². The van der Waals surface area contributed by atoms with Gasteiger partial charge < -0.3 is 24.7 Å². The Morgan fingerprint density at radius 1 is 1.15 bits per heavy atom. The number of fused-ring (bicyclic) bond motifs is 1. The summed E-state index contributed by atoms with van der Waals surface area (Å²) < 4.78 is 25.9. The highest BCUT2D eigenvalue weighted by atomic mass is 19.1. The predicted molar refractivity (Wildman–Crippen MR) is 133 cm³/mol. The summed E-state index contributed by atoms with van der Waals surface area (Å²) in [5.74, 6) is 1.83. The van der Waals surface area contributed by atoms with Gasteiger partial charge in [0, 0.05) is 11.9 Å². The van der Waals surface area contributed by atoms with E-state index in [4.69, 9.17) is 24.2 Å². The Hall–Kier alpha value is -2.90. The van der Waals surface area contributed by atoms with E-state index in [0.717, 1.165) is 48.4 Å². The van der Waals surface area contributed by atoms with Crippen molar-refractivity contribution in [2.75, 3.05) is 26.3 Å². The van der Waals surface area contributed by atoms with Crippen molar-refractivity contribution in [2.24, 2.45) is 5.92 Å². The first-order valence-corrected chi connectivity index (χ1v) is 11.8. The lowest BCUT2D eigenvalue weighted by Gasteiger charge is -2.11. The van der Waals surface area contributed by atoms with E-state index in [1.807, 2.05) is 37.3 Å². The molecule has 2 aromatic carbocycles. The zero-order chi connectivity index (χ0) is 24.8. The Morgan fingerprint density at radius 2 is 1.88 bits per heavy atom. The van der Waals surface area contributed by atoms with Gasteiger partial charge in [0.15, 0.2) is 0 Å². The van der Waals surface area contributed by atoms with Crippen molar-refractivity contribution >= 4 is 17.4 Å². The molecule has 7 heteroatoms. The molecule has 1 aliphatic carbocycles. The number of ether oxygens (including phenoxy) is 1. The minimum atomic E-state index is -0.258. The van der Waals surface area contributed by atoms with Crippen molar-refractivity contribution in [2.45, 2.75) is 46.0 Å². The van der Waals surface area contributed by atoms with Crippen LogP contribution in [0, 0.1) is 18.7 Å². The Morgan fingerprint density at radius 3 is 2.53 bits per heavy atom. The monoisotopic (exact) mass is 473 g/mol. The number of rotatable bonds is 8. The van der Waals surface area contributed by atoms with Gasteiger partial charge in [0.25, 0.3) is 6.47 Å². The van der Waals surface area contributed by atoms with Crippen LogP contribution in [0.3, 0.4) is 0 Å². The lowest BCUT2D eigenvalue weighted by Crippen LogP contribution is -2.18. The van der Waals surface area contributed by atoms with Gasteiger partial charge in [-0.3, -0.25) is 4.79 Å². The van der Waals surface area contributed by atoms with E-state index in [1.165, 1.54) is 31.7 Å². The Balaban J connectivity index is 0.000000348. The molecule has 1 heterocycles. The molecular weight excluding hydrogens is 437 g/mol. The number of benzene rings is 2. The van der Waals surface area contributed by atoms with Crippen LogP contribution in [0.5, 0.6) is 5.75 Å². The maximum Gasteiger partial charge on any atom is 0.290 e. The number of aliphatic hydroxyl groups excluding tert-OH is 1. The topological polar surface area (TPSA) is 91.9 Å². The fourth-order valence-corrected chi connectivity index (χ4v) is 3.84. The zero-order valence-electron chi connectivity index (χ0n) is 20.1. The molecule has 1 aliphatic rings. The number of carboxylic acid groups (broad SMARTS) is 1. The second-order valence-electron chi connectivity index (χ2n) is 8.33. The number of carbonyl (C=O) groups is 1. The molecule has 0 bridgehead atoms. The summed E-state index contributed by atoms with van der Waals surface area (Å²) in [4.78, 5) is 8.36. The molecule has 0 unspecified atom stereocenters. The standard InChI is InChI=1S/C21H21FO2.C5H13NO.CH2O2/c1-14-6-8-18(19(22)10-14)21-12-16-11-17(7-9-20(16)24-21)23-13-15-4-2-3-5-15;1-2-3-6-4-5-7;2-1-3/h6-12,15H,2-5,13H2,1H3;6-7H,2-5H2,1H3;1H,(H,2,3). The average Bonchev–Trinajstić information content (AvgIpc) is 3.48. The molecule has 186 valence electrons. The molecule has 0 saturated heterocycles. The summed E-state index contributed by atoms with van der Waals surface area (Å²) in [6.07, 6.45) is 6.32. The highest BCUT2D eigenvalue weighted by Crippen LogP contribution is 2.32. The third kappa shape index (κ3) is 8.80. The van der Waals surface area contributed by atoms with Gasteiger partial charge in [-0.15, -0.1) is 0 Å². The summed E-state index contributed by atoms with van der Waals surface area (Å²) in [7, 11) is 0. The van der Waals surface area contributed by atoms with Gasteiger partial charge >= 0.3 is 0 Å². The van der Waals surface area contributed by atoms with Gasteiger partial charge in [-0.25, -0.2) is 4.39 Å². The van der Waals surface area contributed by atoms with E-state index in [1.54, 1.807) is 6.07 Å². The molecule has 0 amide bonds. The number of furan rings is 1. The summed E-state index contributed by atoms with van der Waals surface area (Å²) in [5, 5.41) is 19.1. The molecule has 3 N–H and O–H groups in total. The van der Waals surface area contributed by atoms with Crippen molar-refractivity contribution in [3.8, 4) is 17.1 Å². The van der Waals surface area contributed by atoms with Crippen LogP contribution in [-0.2, 0) is 4.79 Å². The van der Waals surface area contributed by atoms with E-state index in [9.17, 15) is 4.39 Å². The molecule has 0 atom stereocenters. The first-order valence-electron chi connectivity index (χ1n) is 11.8. The molecule has 1 saturated carbocycles. The fourth-order valence-electron chi connectivity index (χ4n) is 3.84. The lowest BCUT2D eigenvalue weighted by molar-refractivity contribution is -0.122. The predicted octanol–water partition coefficient (Wildman–Crippen LogP) is 5.80. The molecule has 34 heavy (non-hydrogen) atoms.